The average Bonchev–Trinajstić information content (AvgIpc) is 2.85. The summed E-state index contributed by atoms with van der Waals surface area (Å²) in [5.74, 6) is 0. The van der Waals surface area contributed by atoms with Crippen molar-refractivity contribution >= 4 is 0 Å². The highest BCUT2D eigenvalue weighted by molar-refractivity contribution is 4.96. The van der Waals surface area contributed by atoms with E-state index in [1.54, 1.807) is 0 Å². The van der Waals surface area contributed by atoms with E-state index in [1.807, 2.05) is 6.92 Å². The second-order valence-corrected chi connectivity index (χ2v) is 4.43. The van der Waals surface area contributed by atoms with Gasteiger partial charge in [0.05, 0.1) is 6.10 Å². The Kier molecular flexibility index (Phi) is 4.20. The molecule has 1 fully saturated rings. The molecule has 2 N–H and O–H groups in total. The average molecular weight is 186 g/mol. The first-order valence-corrected chi connectivity index (χ1v) is 5.50. The van der Waals surface area contributed by atoms with Crippen LogP contribution >= 0.6 is 0 Å². The van der Waals surface area contributed by atoms with Gasteiger partial charge in [-0.15, -0.1) is 0 Å². The van der Waals surface area contributed by atoms with Crippen LogP contribution in [0.15, 0.2) is 0 Å². The van der Waals surface area contributed by atoms with Gasteiger partial charge in [-0.25, -0.2) is 0 Å². The van der Waals surface area contributed by atoms with Gasteiger partial charge < -0.3 is 10.2 Å². The van der Waals surface area contributed by atoms with Crippen LogP contribution < -0.4 is 0 Å². The standard InChI is InChI=1S/C11H22O2/c1-10(13)11(7-8-11)6-4-2-3-5-9-12/h10,12-13H,2-9H2,1H3. The molecule has 1 unspecified atom stereocenters. The Hall–Kier alpha value is -0.0800. The molecule has 1 aliphatic carbocycles. The van der Waals surface area contributed by atoms with Crippen molar-refractivity contribution in [1.29, 1.82) is 0 Å². The summed E-state index contributed by atoms with van der Waals surface area (Å²) in [7, 11) is 0. The molecule has 0 amide bonds. The van der Waals surface area contributed by atoms with E-state index in [4.69, 9.17) is 5.11 Å². The van der Waals surface area contributed by atoms with E-state index < -0.39 is 0 Å². The summed E-state index contributed by atoms with van der Waals surface area (Å²) in [5.41, 5.74) is 0.291. The van der Waals surface area contributed by atoms with E-state index in [-0.39, 0.29) is 6.10 Å². The smallest absolute Gasteiger partial charge is 0.0568 e. The van der Waals surface area contributed by atoms with Crippen molar-refractivity contribution in [3.05, 3.63) is 0 Å². The van der Waals surface area contributed by atoms with Crippen molar-refractivity contribution in [2.24, 2.45) is 5.41 Å². The fraction of sp³-hybridized carbons (Fsp3) is 1.00. The summed E-state index contributed by atoms with van der Waals surface area (Å²) in [4.78, 5) is 0. The summed E-state index contributed by atoms with van der Waals surface area (Å²) in [6.45, 7) is 2.24. The van der Waals surface area contributed by atoms with Gasteiger partial charge in [-0.2, -0.15) is 0 Å². The quantitative estimate of drug-likeness (QED) is 0.598. The Morgan fingerprint density at radius 3 is 2.23 bits per heavy atom. The van der Waals surface area contributed by atoms with E-state index in [9.17, 15) is 5.11 Å². The van der Waals surface area contributed by atoms with Crippen molar-refractivity contribution in [3.8, 4) is 0 Å². The minimum absolute atomic E-state index is 0.120. The normalized spacial score (nSPS) is 21.5. The van der Waals surface area contributed by atoms with Crippen LogP contribution in [0.2, 0.25) is 0 Å². The zero-order valence-corrected chi connectivity index (χ0v) is 8.63. The first-order chi connectivity index (χ1) is 6.21. The van der Waals surface area contributed by atoms with Gasteiger partial charge >= 0.3 is 0 Å². The minimum Gasteiger partial charge on any atom is -0.396 e. The molecule has 1 aliphatic rings. The molecule has 1 saturated carbocycles. The highest BCUT2D eigenvalue weighted by atomic mass is 16.3. The van der Waals surface area contributed by atoms with E-state index in [1.165, 1.54) is 32.1 Å². The van der Waals surface area contributed by atoms with E-state index in [0.717, 1.165) is 12.8 Å². The molecule has 0 saturated heterocycles. The predicted octanol–water partition coefficient (Wildman–Crippen LogP) is 2.09. The van der Waals surface area contributed by atoms with Crippen molar-refractivity contribution in [2.75, 3.05) is 6.61 Å². The number of hydrogen-bond donors (Lipinski definition) is 2. The van der Waals surface area contributed by atoms with Gasteiger partial charge in [0.15, 0.2) is 0 Å². The number of aliphatic hydroxyl groups excluding tert-OH is 2. The van der Waals surface area contributed by atoms with Gasteiger partial charge in [0.1, 0.15) is 0 Å². The molecular weight excluding hydrogens is 164 g/mol. The number of hydrogen-bond acceptors (Lipinski definition) is 2. The molecular formula is C11H22O2. The second kappa shape index (κ2) is 4.97. The lowest BCUT2D eigenvalue weighted by molar-refractivity contribution is 0.102. The van der Waals surface area contributed by atoms with Crippen LogP contribution in [0.1, 0.15) is 51.9 Å². The van der Waals surface area contributed by atoms with Crippen LogP contribution in [0.25, 0.3) is 0 Å². The maximum atomic E-state index is 9.51. The van der Waals surface area contributed by atoms with Crippen LogP contribution in [0.5, 0.6) is 0 Å². The molecule has 1 atom stereocenters. The molecule has 78 valence electrons. The molecule has 0 bridgehead atoms. The van der Waals surface area contributed by atoms with Gasteiger partial charge in [-0.1, -0.05) is 19.3 Å². The summed E-state index contributed by atoms with van der Waals surface area (Å²) >= 11 is 0. The molecule has 2 heteroatoms. The highest BCUT2D eigenvalue weighted by Gasteiger charge is 2.45. The molecule has 2 nitrogen and oxygen atoms in total. The molecule has 1 rings (SSSR count). The Morgan fingerprint density at radius 1 is 1.15 bits per heavy atom. The van der Waals surface area contributed by atoms with Gasteiger partial charge in [0.2, 0.25) is 0 Å². The van der Waals surface area contributed by atoms with Gasteiger partial charge in [0, 0.05) is 6.61 Å². The third-order valence-corrected chi connectivity index (χ3v) is 3.36. The van der Waals surface area contributed by atoms with E-state index in [2.05, 4.69) is 0 Å². The van der Waals surface area contributed by atoms with Crippen molar-refractivity contribution in [2.45, 2.75) is 58.0 Å². The second-order valence-electron chi connectivity index (χ2n) is 4.43. The predicted molar refractivity (Wildman–Crippen MR) is 53.5 cm³/mol. The molecule has 0 aromatic carbocycles. The van der Waals surface area contributed by atoms with E-state index >= 15 is 0 Å². The molecule has 13 heavy (non-hydrogen) atoms. The van der Waals surface area contributed by atoms with Crippen LogP contribution in [0, 0.1) is 5.41 Å². The first-order valence-electron chi connectivity index (χ1n) is 5.50. The van der Waals surface area contributed by atoms with Crippen molar-refractivity contribution in [3.63, 3.8) is 0 Å². The third kappa shape index (κ3) is 3.28. The van der Waals surface area contributed by atoms with E-state index in [0.29, 0.717) is 12.0 Å². The lowest BCUT2D eigenvalue weighted by Crippen LogP contribution is -2.17. The monoisotopic (exact) mass is 186 g/mol. The summed E-state index contributed by atoms with van der Waals surface area (Å²) in [6.07, 6.45) is 7.96. The SMILES string of the molecule is CC(O)C1(CCCCCCO)CC1. The lowest BCUT2D eigenvalue weighted by Gasteiger charge is -2.17. The maximum Gasteiger partial charge on any atom is 0.0568 e. The summed E-state index contributed by atoms with van der Waals surface area (Å²) in [6, 6.07) is 0. The van der Waals surface area contributed by atoms with Crippen molar-refractivity contribution in [1.82, 2.24) is 0 Å². The molecule has 0 radical (unpaired) electrons. The molecule has 0 spiro atoms. The third-order valence-electron chi connectivity index (χ3n) is 3.36. The van der Waals surface area contributed by atoms with Crippen LogP contribution in [0.4, 0.5) is 0 Å². The lowest BCUT2D eigenvalue weighted by atomic mass is 9.93. The molecule has 0 aromatic heterocycles. The number of aliphatic hydroxyl groups is 2. The maximum absolute atomic E-state index is 9.51. The van der Waals surface area contributed by atoms with Gasteiger partial charge in [-0.05, 0) is 38.0 Å². The highest BCUT2D eigenvalue weighted by Crippen LogP contribution is 2.52. The Morgan fingerprint density at radius 2 is 1.77 bits per heavy atom. The van der Waals surface area contributed by atoms with Gasteiger partial charge in [-0.3, -0.25) is 0 Å². The van der Waals surface area contributed by atoms with Crippen LogP contribution in [-0.2, 0) is 0 Å². The Labute approximate surface area is 81.0 Å². The fourth-order valence-corrected chi connectivity index (χ4v) is 1.98. The van der Waals surface area contributed by atoms with Crippen LogP contribution in [0.3, 0.4) is 0 Å². The van der Waals surface area contributed by atoms with Crippen LogP contribution in [-0.4, -0.2) is 22.9 Å². The Bertz CT molecular complexity index is 139. The first kappa shape index (κ1) is 11.0. The largest absolute Gasteiger partial charge is 0.396 e. The zero-order valence-electron chi connectivity index (χ0n) is 8.63. The number of rotatable bonds is 7. The number of unbranched alkanes of at least 4 members (excludes halogenated alkanes) is 3. The van der Waals surface area contributed by atoms with Gasteiger partial charge in [0.25, 0.3) is 0 Å². The molecule has 0 aromatic rings. The summed E-state index contributed by atoms with van der Waals surface area (Å²) < 4.78 is 0. The molecule has 0 heterocycles. The zero-order chi connectivity index (χ0) is 9.73. The topological polar surface area (TPSA) is 40.5 Å². The molecule has 0 aliphatic heterocycles. The van der Waals surface area contributed by atoms with Crippen molar-refractivity contribution < 1.29 is 10.2 Å². The Balaban J connectivity index is 1.99. The summed E-state index contributed by atoms with van der Waals surface area (Å²) in [5, 5.41) is 18.1. The minimum atomic E-state index is -0.120. The fourth-order valence-electron chi connectivity index (χ4n) is 1.98.